The number of nitrogens with zero attached hydrogens (tertiary/aromatic N) is 1. The van der Waals surface area contributed by atoms with Crippen molar-refractivity contribution in [2.24, 2.45) is 0 Å². The van der Waals surface area contributed by atoms with Gasteiger partial charge in [0.1, 0.15) is 0 Å². The van der Waals surface area contributed by atoms with Crippen molar-refractivity contribution >= 4 is 40.0 Å². The monoisotopic (exact) mass is 372 g/mol. The Hall–Kier alpha value is -1.97. The van der Waals surface area contributed by atoms with Crippen LogP contribution in [-0.4, -0.2) is 28.9 Å². The normalized spacial score (nSPS) is 14.4. The molecule has 2 heterocycles. The van der Waals surface area contributed by atoms with Crippen LogP contribution in [0.15, 0.2) is 36.4 Å². The second-order valence-corrected chi connectivity index (χ2v) is 7.39. The molecule has 128 valence electrons. The number of fused-ring (bicyclic) bond motifs is 3. The lowest BCUT2D eigenvalue weighted by Crippen LogP contribution is -2.33. The molecule has 1 aliphatic rings. The minimum absolute atomic E-state index is 0.0349. The maximum Gasteiger partial charge on any atom is 0.255 e. The molecule has 25 heavy (non-hydrogen) atoms. The van der Waals surface area contributed by atoms with Gasteiger partial charge in [0.2, 0.25) is 0 Å². The predicted octanol–water partition coefficient (Wildman–Crippen LogP) is 5.02. The Labute approximate surface area is 156 Å². The summed E-state index contributed by atoms with van der Waals surface area (Å²) in [6, 6.07) is 11.5. The molecule has 0 spiro atoms. The van der Waals surface area contributed by atoms with Gasteiger partial charge in [-0.15, -0.1) is 0 Å². The van der Waals surface area contributed by atoms with E-state index in [9.17, 15) is 4.79 Å². The van der Waals surface area contributed by atoms with Gasteiger partial charge in [-0.2, -0.15) is 0 Å². The first-order chi connectivity index (χ1) is 12.0. The fourth-order valence-electron chi connectivity index (χ4n) is 3.56. The van der Waals surface area contributed by atoms with Gasteiger partial charge >= 0.3 is 0 Å². The van der Waals surface area contributed by atoms with Crippen LogP contribution in [0.2, 0.25) is 10.0 Å². The second kappa shape index (κ2) is 6.40. The van der Waals surface area contributed by atoms with Gasteiger partial charge in [0.05, 0.1) is 10.6 Å². The highest BCUT2D eigenvalue weighted by atomic mass is 35.5. The van der Waals surface area contributed by atoms with Gasteiger partial charge in [-0.1, -0.05) is 34.8 Å². The van der Waals surface area contributed by atoms with Crippen LogP contribution in [0.5, 0.6) is 0 Å². The topological polar surface area (TPSA) is 36.1 Å². The SMILES string of the molecule is Cc1ccc2[nH]c3c(c2c1)CCN(C(=O)c1ccc(Cl)cc1Cl)CC3. The third-order valence-electron chi connectivity index (χ3n) is 4.86. The molecule has 1 amide bonds. The van der Waals surface area contributed by atoms with Gasteiger partial charge < -0.3 is 9.88 Å². The van der Waals surface area contributed by atoms with E-state index in [4.69, 9.17) is 23.2 Å². The number of nitrogens with one attached hydrogen (secondary N) is 1. The smallest absolute Gasteiger partial charge is 0.255 e. The van der Waals surface area contributed by atoms with Crippen molar-refractivity contribution in [2.75, 3.05) is 13.1 Å². The fourth-order valence-corrected chi connectivity index (χ4v) is 4.05. The van der Waals surface area contributed by atoms with Crippen molar-refractivity contribution in [3.05, 3.63) is 68.8 Å². The van der Waals surface area contributed by atoms with Gasteiger partial charge in [-0.25, -0.2) is 0 Å². The molecule has 0 saturated carbocycles. The molecule has 3 aromatic rings. The summed E-state index contributed by atoms with van der Waals surface area (Å²) in [7, 11) is 0. The average Bonchev–Trinajstić information content (AvgIpc) is 2.78. The van der Waals surface area contributed by atoms with Crippen LogP contribution in [0.25, 0.3) is 10.9 Å². The first kappa shape index (κ1) is 16.5. The van der Waals surface area contributed by atoms with Crippen LogP contribution in [0.3, 0.4) is 0 Å². The largest absolute Gasteiger partial charge is 0.358 e. The lowest BCUT2D eigenvalue weighted by atomic mass is 10.1. The molecule has 0 unspecified atom stereocenters. The number of carbonyl (C=O) groups excluding carboxylic acids is 1. The van der Waals surface area contributed by atoms with E-state index >= 15 is 0 Å². The summed E-state index contributed by atoms with van der Waals surface area (Å²) < 4.78 is 0. The van der Waals surface area contributed by atoms with E-state index in [2.05, 4.69) is 30.1 Å². The number of aromatic nitrogens is 1. The summed E-state index contributed by atoms with van der Waals surface area (Å²) in [6.07, 6.45) is 1.66. The number of H-pyrrole nitrogens is 1. The fraction of sp³-hybridized carbons (Fsp3) is 0.250. The first-order valence-corrected chi connectivity index (χ1v) is 9.13. The van der Waals surface area contributed by atoms with Crippen LogP contribution in [0.1, 0.15) is 27.2 Å². The molecule has 3 nitrogen and oxygen atoms in total. The third-order valence-corrected chi connectivity index (χ3v) is 5.41. The quantitative estimate of drug-likeness (QED) is 0.639. The van der Waals surface area contributed by atoms with E-state index in [-0.39, 0.29) is 5.91 Å². The Morgan fingerprint density at radius 3 is 2.68 bits per heavy atom. The summed E-state index contributed by atoms with van der Waals surface area (Å²) in [4.78, 5) is 18.3. The van der Waals surface area contributed by atoms with Gasteiger partial charge in [0.15, 0.2) is 0 Å². The van der Waals surface area contributed by atoms with Crippen LogP contribution >= 0.6 is 23.2 Å². The molecule has 0 atom stereocenters. The van der Waals surface area contributed by atoms with Crippen molar-refractivity contribution in [3.8, 4) is 0 Å². The minimum Gasteiger partial charge on any atom is -0.358 e. The molecule has 0 bridgehead atoms. The summed E-state index contributed by atoms with van der Waals surface area (Å²) in [6.45, 7) is 3.47. The van der Waals surface area contributed by atoms with E-state index in [1.54, 1.807) is 18.2 Å². The molecule has 2 aromatic carbocycles. The number of aryl methyl sites for hydroxylation is 1. The molecule has 1 aliphatic heterocycles. The molecule has 0 aliphatic carbocycles. The highest BCUT2D eigenvalue weighted by molar-refractivity contribution is 6.36. The predicted molar refractivity (Wildman–Crippen MR) is 103 cm³/mol. The summed E-state index contributed by atoms with van der Waals surface area (Å²) in [5, 5.41) is 2.21. The maximum atomic E-state index is 12.9. The zero-order valence-electron chi connectivity index (χ0n) is 13.9. The molecule has 1 N–H and O–H groups in total. The van der Waals surface area contributed by atoms with E-state index < -0.39 is 0 Å². The van der Waals surface area contributed by atoms with E-state index in [0.717, 1.165) is 12.8 Å². The number of amides is 1. The lowest BCUT2D eigenvalue weighted by Gasteiger charge is -2.21. The van der Waals surface area contributed by atoms with Gasteiger partial charge in [0.25, 0.3) is 5.91 Å². The Balaban J connectivity index is 1.61. The molecular weight excluding hydrogens is 355 g/mol. The number of aromatic amines is 1. The van der Waals surface area contributed by atoms with Crippen LogP contribution < -0.4 is 0 Å². The van der Waals surface area contributed by atoms with Crippen LogP contribution in [0.4, 0.5) is 0 Å². The van der Waals surface area contributed by atoms with Crippen molar-refractivity contribution < 1.29 is 4.79 Å². The molecule has 1 aromatic heterocycles. The van der Waals surface area contributed by atoms with Crippen molar-refractivity contribution in [1.29, 1.82) is 0 Å². The van der Waals surface area contributed by atoms with Crippen LogP contribution in [0, 0.1) is 6.92 Å². The molecule has 0 saturated heterocycles. The highest BCUT2D eigenvalue weighted by Crippen LogP contribution is 2.28. The third kappa shape index (κ3) is 3.03. The number of hydrogen-bond donors (Lipinski definition) is 1. The van der Waals surface area contributed by atoms with E-state index in [1.165, 1.54) is 27.7 Å². The molecular formula is C20H18Cl2N2O. The number of hydrogen-bond acceptors (Lipinski definition) is 1. The van der Waals surface area contributed by atoms with E-state index in [1.807, 2.05) is 4.90 Å². The van der Waals surface area contributed by atoms with Crippen molar-refractivity contribution in [3.63, 3.8) is 0 Å². The Bertz CT molecular complexity index is 977. The number of carbonyl (C=O) groups is 1. The molecule has 5 heteroatoms. The molecule has 4 rings (SSSR count). The zero-order chi connectivity index (χ0) is 17.6. The van der Waals surface area contributed by atoms with Gasteiger partial charge in [-0.3, -0.25) is 4.79 Å². The second-order valence-electron chi connectivity index (χ2n) is 6.55. The molecule has 0 radical (unpaired) electrons. The minimum atomic E-state index is -0.0349. The summed E-state index contributed by atoms with van der Waals surface area (Å²) in [5.41, 5.74) is 5.50. The Morgan fingerprint density at radius 2 is 1.88 bits per heavy atom. The number of halogens is 2. The molecule has 0 fully saturated rings. The summed E-state index contributed by atoms with van der Waals surface area (Å²) >= 11 is 12.1. The maximum absolute atomic E-state index is 12.9. The average molecular weight is 373 g/mol. The number of rotatable bonds is 1. The van der Waals surface area contributed by atoms with Gasteiger partial charge in [0, 0.05) is 41.1 Å². The Morgan fingerprint density at radius 1 is 1.08 bits per heavy atom. The lowest BCUT2D eigenvalue weighted by molar-refractivity contribution is 0.0763. The summed E-state index contributed by atoms with van der Waals surface area (Å²) in [5.74, 6) is -0.0349. The van der Waals surface area contributed by atoms with Crippen molar-refractivity contribution in [2.45, 2.75) is 19.8 Å². The van der Waals surface area contributed by atoms with E-state index in [0.29, 0.717) is 28.7 Å². The zero-order valence-corrected chi connectivity index (χ0v) is 15.4. The first-order valence-electron chi connectivity index (χ1n) is 8.37. The number of benzene rings is 2. The standard InChI is InChI=1S/C20H18Cl2N2O/c1-12-2-5-18-16(10-12)14-6-8-24(9-7-19(14)23-18)20(25)15-4-3-13(21)11-17(15)22/h2-5,10-11,23H,6-9H2,1H3. The van der Waals surface area contributed by atoms with Gasteiger partial charge in [-0.05, 0) is 49.2 Å². The Kier molecular flexibility index (Phi) is 4.22. The highest BCUT2D eigenvalue weighted by Gasteiger charge is 2.23. The van der Waals surface area contributed by atoms with Crippen LogP contribution in [-0.2, 0) is 12.8 Å². The van der Waals surface area contributed by atoms with Crippen molar-refractivity contribution in [1.82, 2.24) is 9.88 Å².